The third-order valence-electron chi connectivity index (χ3n) is 3.70. The van der Waals surface area contributed by atoms with E-state index in [1.165, 1.54) is 24.3 Å². The number of aliphatic carboxylic acids is 1. The smallest absolute Gasteiger partial charge is 0.349 e. The fraction of sp³-hybridized carbons (Fsp3) is 0.235. The molecule has 0 spiro atoms. The molecule has 23 heavy (non-hydrogen) atoms. The van der Waals surface area contributed by atoms with E-state index in [0.717, 1.165) is 0 Å². The Labute approximate surface area is 134 Å². The number of para-hydroxylation sites is 1. The SMILES string of the molecule is O=C(O)C(Oc1ccccc1)c1ccc(S(=O)(=O)C2CC2)cc1. The van der Waals surface area contributed by atoms with Crippen LogP contribution >= 0.6 is 0 Å². The van der Waals surface area contributed by atoms with Crippen LogP contribution in [0.1, 0.15) is 24.5 Å². The predicted molar refractivity (Wildman–Crippen MR) is 84.1 cm³/mol. The Bertz CT molecular complexity index is 793. The fourth-order valence-corrected chi connectivity index (χ4v) is 3.96. The van der Waals surface area contributed by atoms with Crippen LogP contribution in [0.25, 0.3) is 0 Å². The molecule has 5 nitrogen and oxygen atoms in total. The van der Waals surface area contributed by atoms with Crippen molar-refractivity contribution in [3.8, 4) is 5.75 Å². The number of carboxylic acids is 1. The molecule has 2 aromatic carbocycles. The van der Waals surface area contributed by atoms with E-state index in [-0.39, 0.29) is 10.1 Å². The first-order valence-corrected chi connectivity index (χ1v) is 8.81. The molecule has 0 radical (unpaired) electrons. The second-order valence-corrected chi connectivity index (χ2v) is 7.69. The van der Waals surface area contributed by atoms with Crippen LogP contribution in [0.2, 0.25) is 0 Å². The standard InChI is InChI=1S/C17H16O5S/c18-17(19)16(22-13-4-2-1-3-5-13)12-6-8-14(9-7-12)23(20,21)15-10-11-15/h1-9,15-16H,10-11H2,(H,18,19). The molecule has 1 aliphatic rings. The summed E-state index contributed by atoms with van der Waals surface area (Å²) in [5, 5.41) is 9.08. The monoisotopic (exact) mass is 332 g/mol. The molecule has 0 heterocycles. The van der Waals surface area contributed by atoms with Gasteiger partial charge < -0.3 is 9.84 Å². The highest BCUT2D eigenvalue weighted by Crippen LogP contribution is 2.34. The van der Waals surface area contributed by atoms with Gasteiger partial charge in [0.25, 0.3) is 0 Å². The minimum Gasteiger partial charge on any atom is -0.478 e. The Hall–Kier alpha value is -2.34. The quantitative estimate of drug-likeness (QED) is 0.880. The molecule has 0 aromatic heterocycles. The van der Waals surface area contributed by atoms with Crippen molar-refractivity contribution in [1.82, 2.24) is 0 Å². The summed E-state index contributed by atoms with van der Waals surface area (Å²) in [4.78, 5) is 11.7. The van der Waals surface area contributed by atoms with Gasteiger partial charge in [0.15, 0.2) is 9.84 Å². The van der Waals surface area contributed by atoms with Crippen LogP contribution in [0.3, 0.4) is 0 Å². The van der Waals surface area contributed by atoms with E-state index in [0.29, 0.717) is 24.2 Å². The number of hydrogen-bond donors (Lipinski definition) is 1. The summed E-state index contributed by atoms with van der Waals surface area (Å²) in [6.45, 7) is 0. The Balaban J connectivity index is 1.84. The first kappa shape index (κ1) is 15.6. The van der Waals surface area contributed by atoms with Gasteiger partial charge in [-0.2, -0.15) is 0 Å². The van der Waals surface area contributed by atoms with Gasteiger partial charge in [-0.05, 0) is 37.1 Å². The van der Waals surface area contributed by atoms with Crippen LogP contribution in [0.15, 0.2) is 59.5 Å². The molecule has 1 aliphatic carbocycles. The molecule has 0 aliphatic heterocycles. The number of hydrogen-bond acceptors (Lipinski definition) is 4. The number of sulfone groups is 1. The molecule has 0 amide bonds. The van der Waals surface area contributed by atoms with E-state index in [2.05, 4.69) is 0 Å². The van der Waals surface area contributed by atoms with Gasteiger partial charge in [-0.15, -0.1) is 0 Å². The summed E-state index contributed by atoms with van der Waals surface area (Å²) in [7, 11) is -3.28. The second kappa shape index (κ2) is 6.04. The zero-order valence-electron chi connectivity index (χ0n) is 12.3. The van der Waals surface area contributed by atoms with E-state index in [9.17, 15) is 18.3 Å². The zero-order valence-corrected chi connectivity index (χ0v) is 13.1. The number of rotatable bonds is 6. The maximum absolute atomic E-state index is 12.2. The van der Waals surface area contributed by atoms with Crippen LogP contribution in [0.5, 0.6) is 5.75 Å². The summed E-state index contributed by atoms with van der Waals surface area (Å²) in [5.41, 5.74) is 0.399. The average Bonchev–Trinajstić information content (AvgIpc) is 3.39. The lowest BCUT2D eigenvalue weighted by Crippen LogP contribution is -2.18. The minimum absolute atomic E-state index is 0.229. The van der Waals surface area contributed by atoms with Crippen LogP contribution in [0.4, 0.5) is 0 Å². The predicted octanol–water partition coefficient (Wildman–Crippen LogP) is 2.83. The highest BCUT2D eigenvalue weighted by atomic mass is 32.2. The summed E-state index contributed by atoms with van der Waals surface area (Å²) in [6.07, 6.45) is 0.202. The van der Waals surface area contributed by atoms with E-state index in [4.69, 9.17) is 4.74 Å². The Kier molecular flexibility index (Phi) is 4.09. The van der Waals surface area contributed by atoms with Gasteiger partial charge in [0, 0.05) is 5.56 Å². The van der Waals surface area contributed by atoms with Crippen LogP contribution in [-0.4, -0.2) is 24.7 Å². The first-order chi connectivity index (χ1) is 11.0. The molecule has 1 saturated carbocycles. The van der Waals surface area contributed by atoms with Gasteiger partial charge in [0.1, 0.15) is 5.75 Å². The van der Waals surface area contributed by atoms with Crippen LogP contribution in [-0.2, 0) is 14.6 Å². The van der Waals surface area contributed by atoms with Gasteiger partial charge >= 0.3 is 5.97 Å². The van der Waals surface area contributed by atoms with E-state index in [1.807, 2.05) is 0 Å². The van der Waals surface area contributed by atoms with E-state index >= 15 is 0 Å². The second-order valence-electron chi connectivity index (χ2n) is 5.46. The van der Waals surface area contributed by atoms with Gasteiger partial charge in [0.05, 0.1) is 10.1 Å². The topological polar surface area (TPSA) is 80.7 Å². The molecule has 1 N–H and O–H groups in total. The molecule has 1 atom stereocenters. The van der Waals surface area contributed by atoms with Crippen molar-refractivity contribution in [2.24, 2.45) is 0 Å². The lowest BCUT2D eigenvalue weighted by molar-refractivity contribution is -0.145. The lowest BCUT2D eigenvalue weighted by Gasteiger charge is -2.16. The normalized spacial score (nSPS) is 15.8. The molecular formula is C17H16O5S. The van der Waals surface area contributed by atoms with Crippen molar-refractivity contribution in [2.45, 2.75) is 29.1 Å². The highest BCUT2D eigenvalue weighted by molar-refractivity contribution is 7.92. The van der Waals surface area contributed by atoms with Crippen molar-refractivity contribution >= 4 is 15.8 Å². The fourth-order valence-electron chi connectivity index (χ4n) is 2.30. The Morgan fingerprint density at radius 2 is 1.65 bits per heavy atom. The summed E-state index contributed by atoms with van der Waals surface area (Å²) < 4.78 is 29.8. The first-order valence-electron chi connectivity index (χ1n) is 7.27. The largest absolute Gasteiger partial charge is 0.478 e. The molecule has 120 valence electrons. The van der Waals surface area contributed by atoms with E-state index in [1.54, 1.807) is 30.3 Å². The van der Waals surface area contributed by atoms with Gasteiger partial charge in [-0.1, -0.05) is 30.3 Å². The minimum atomic E-state index is -3.28. The molecule has 0 saturated heterocycles. The summed E-state index contributed by atoms with van der Waals surface area (Å²) >= 11 is 0. The Morgan fingerprint density at radius 1 is 1.04 bits per heavy atom. The maximum Gasteiger partial charge on any atom is 0.349 e. The van der Waals surface area contributed by atoms with Crippen molar-refractivity contribution in [3.05, 3.63) is 60.2 Å². The van der Waals surface area contributed by atoms with Crippen molar-refractivity contribution in [2.75, 3.05) is 0 Å². The molecule has 2 aromatic rings. The zero-order chi connectivity index (χ0) is 16.4. The van der Waals surface area contributed by atoms with Crippen molar-refractivity contribution < 1.29 is 23.1 Å². The van der Waals surface area contributed by atoms with Crippen LogP contribution < -0.4 is 4.74 Å². The molecule has 6 heteroatoms. The van der Waals surface area contributed by atoms with Gasteiger partial charge in [0.2, 0.25) is 6.10 Å². The maximum atomic E-state index is 12.2. The number of benzene rings is 2. The number of carbonyl (C=O) groups is 1. The van der Waals surface area contributed by atoms with Gasteiger partial charge in [-0.3, -0.25) is 0 Å². The van der Waals surface area contributed by atoms with Crippen LogP contribution in [0, 0.1) is 0 Å². The third-order valence-corrected chi connectivity index (χ3v) is 5.97. The highest BCUT2D eigenvalue weighted by Gasteiger charge is 2.37. The molecule has 1 unspecified atom stereocenters. The van der Waals surface area contributed by atoms with Gasteiger partial charge in [-0.25, -0.2) is 13.2 Å². The summed E-state index contributed by atoms with van der Waals surface area (Å²) in [5.74, 6) is -0.693. The number of carboxylic acid groups (broad SMARTS) is 1. The molecular weight excluding hydrogens is 316 g/mol. The Morgan fingerprint density at radius 3 is 2.17 bits per heavy atom. The molecule has 3 rings (SSSR count). The number of ether oxygens (including phenoxy) is 1. The average molecular weight is 332 g/mol. The summed E-state index contributed by atoms with van der Waals surface area (Å²) in [6, 6.07) is 14.5. The van der Waals surface area contributed by atoms with E-state index < -0.39 is 21.9 Å². The molecule has 1 fully saturated rings. The third kappa shape index (κ3) is 3.37. The van der Waals surface area contributed by atoms with Crippen molar-refractivity contribution in [3.63, 3.8) is 0 Å². The molecule has 0 bridgehead atoms. The lowest BCUT2D eigenvalue weighted by atomic mass is 10.1. The van der Waals surface area contributed by atoms with Crippen molar-refractivity contribution in [1.29, 1.82) is 0 Å².